The highest BCUT2D eigenvalue weighted by atomic mass is 16.5. The quantitative estimate of drug-likeness (QED) is 0.876. The predicted molar refractivity (Wildman–Crippen MR) is 97.8 cm³/mol. The molecule has 0 radical (unpaired) electrons. The number of likely N-dealkylation sites (N-methyl/N-ethyl adjacent to an activating group) is 1. The predicted octanol–water partition coefficient (Wildman–Crippen LogP) is 3.01. The lowest BCUT2D eigenvalue weighted by molar-refractivity contribution is 0.249. The van der Waals surface area contributed by atoms with E-state index in [0.717, 1.165) is 13.1 Å². The molecule has 6 nitrogen and oxygen atoms in total. The van der Waals surface area contributed by atoms with Gasteiger partial charge in [0.05, 0.1) is 0 Å². The Labute approximate surface area is 148 Å². The molecule has 2 N–H and O–H groups in total. The number of rotatable bonds is 5. The van der Waals surface area contributed by atoms with E-state index < -0.39 is 0 Å². The van der Waals surface area contributed by atoms with Crippen LogP contribution in [0.3, 0.4) is 0 Å². The molecular weight excluding hydrogens is 316 g/mol. The summed E-state index contributed by atoms with van der Waals surface area (Å²) in [5.41, 5.74) is 2.72. The zero-order valence-electron chi connectivity index (χ0n) is 15.1. The third-order valence-electron chi connectivity index (χ3n) is 4.87. The molecule has 0 saturated carbocycles. The molecule has 0 bridgehead atoms. The molecule has 3 rings (SSSR count). The van der Waals surface area contributed by atoms with Gasteiger partial charge in [0.2, 0.25) is 0 Å². The number of carbonyl (C=O) groups is 1. The van der Waals surface area contributed by atoms with Crippen LogP contribution in [0.2, 0.25) is 0 Å². The molecule has 1 aliphatic heterocycles. The Bertz CT molecular complexity index is 713. The first-order valence-corrected chi connectivity index (χ1v) is 8.82. The maximum absolute atomic E-state index is 12.3. The molecule has 1 aromatic carbocycles. The van der Waals surface area contributed by atoms with Crippen molar-refractivity contribution in [3.05, 3.63) is 47.3 Å². The van der Waals surface area contributed by atoms with Crippen LogP contribution in [0, 0.1) is 12.8 Å². The van der Waals surface area contributed by atoms with Gasteiger partial charge >= 0.3 is 6.03 Å². The van der Waals surface area contributed by atoms with Crippen molar-refractivity contribution >= 4 is 11.7 Å². The van der Waals surface area contributed by atoms with E-state index in [0.29, 0.717) is 41.9 Å². The van der Waals surface area contributed by atoms with Crippen molar-refractivity contribution in [3.63, 3.8) is 0 Å². The zero-order chi connectivity index (χ0) is 17.8. The molecule has 2 aromatic rings. The SMILES string of the molecule is CCc1onc(C)c1NC(=O)NC[C@H]1CN(C)C[C@@H]1c1ccccc1. The van der Waals surface area contributed by atoms with E-state index in [2.05, 4.69) is 52.0 Å². The third-order valence-corrected chi connectivity index (χ3v) is 4.87. The molecule has 2 amide bonds. The van der Waals surface area contributed by atoms with E-state index >= 15 is 0 Å². The number of nitrogens with zero attached hydrogens (tertiary/aromatic N) is 2. The van der Waals surface area contributed by atoms with Crippen LogP contribution in [0.1, 0.15) is 29.9 Å². The maximum Gasteiger partial charge on any atom is 0.319 e. The molecular formula is C19H26N4O2. The highest BCUT2D eigenvalue weighted by Gasteiger charge is 2.32. The molecule has 2 heterocycles. The summed E-state index contributed by atoms with van der Waals surface area (Å²) >= 11 is 0. The topological polar surface area (TPSA) is 70.4 Å². The minimum Gasteiger partial charge on any atom is -0.359 e. The number of hydrogen-bond donors (Lipinski definition) is 2. The van der Waals surface area contributed by atoms with Crippen molar-refractivity contribution in [2.45, 2.75) is 26.2 Å². The van der Waals surface area contributed by atoms with Gasteiger partial charge in [-0.3, -0.25) is 0 Å². The van der Waals surface area contributed by atoms with Gasteiger partial charge in [0, 0.05) is 32.0 Å². The fourth-order valence-corrected chi connectivity index (χ4v) is 3.57. The minimum absolute atomic E-state index is 0.206. The van der Waals surface area contributed by atoms with Crippen LogP contribution in [0.25, 0.3) is 0 Å². The molecule has 1 aromatic heterocycles. The molecule has 1 saturated heterocycles. The van der Waals surface area contributed by atoms with Crippen molar-refractivity contribution in [2.75, 3.05) is 32.0 Å². The number of amides is 2. The Morgan fingerprint density at radius 2 is 2.08 bits per heavy atom. The van der Waals surface area contributed by atoms with Crippen LogP contribution in [-0.2, 0) is 6.42 Å². The van der Waals surface area contributed by atoms with Gasteiger partial charge in [-0.15, -0.1) is 0 Å². The average Bonchev–Trinajstić information content (AvgIpc) is 3.17. The summed E-state index contributed by atoms with van der Waals surface area (Å²) in [5.74, 6) is 1.54. The first-order chi connectivity index (χ1) is 12.1. The number of urea groups is 1. The Balaban J connectivity index is 1.60. The number of anilines is 1. The molecule has 1 aliphatic rings. The van der Waals surface area contributed by atoms with Gasteiger partial charge in [-0.05, 0) is 25.5 Å². The van der Waals surface area contributed by atoms with Gasteiger partial charge in [-0.1, -0.05) is 42.4 Å². The molecule has 1 fully saturated rings. The standard InChI is InChI=1S/C19H26N4O2/c1-4-17-18(13(2)22-25-17)21-19(24)20-10-15-11-23(3)12-16(15)14-8-6-5-7-9-14/h5-9,15-16H,4,10-12H2,1-3H3,(H2,20,21,24)/t15-,16+/m0/s1. The normalized spacial score (nSPS) is 20.6. The Morgan fingerprint density at radius 1 is 1.32 bits per heavy atom. The van der Waals surface area contributed by atoms with Crippen molar-refractivity contribution in [2.24, 2.45) is 5.92 Å². The van der Waals surface area contributed by atoms with E-state index in [4.69, 9.17) is 4.52 Å². The highest BCUT2D eigenvalue weighted by Crippen LogP contribution is 2.31. The van der Waals surface area contributed by atoms with Crippen LogP contribution in [0.4, 0.5) is 10.5 Å². The summed E-state index contributed by atoms with van der Waals surface area (Å²) in [6, 6.07) is 10.3. The van der Waals surface area contributed by atoms with E-state index in [1.165, 1.54) is 5.56 Å². The van der Waals surface area contributed by atoms with Crippen molar-refractivity contribution in [1.29, 1.82) is 0 Å². The van der Waals surface area contributed by atoms with Crippen molar-refractivity contribution < 1.29 is 9.32 Å². The molecule has 0 unspecified atom stereocenters. The second-order valence-electron chi connectivity index (χ2n) is 6.75. The lowest BCUT2D eigenvalue weighted by atomic mass is 9.89. The lowest BCUT2D eigenvalue weighted by Gasteiger charge is -2.19. The first-order valence-electron chi connectivity index (χ1n) is 8.82. The summed E-state index contributed by atoms with van der Waals surface area (Å²) in [7, 11) is 2.13. The lowest BCUT2D eigenvalue weighted by Crippen LogP contribution is -2.35. The summed E-state index contributed by atoms with van der Waals surface area (Å²) in [6.45, 7) is 6.44. The number of aromatic nitrogens is 1. The van der Waals surface area contributed by atoms with Crippen LogP contribution in [0.15, 0.2) is 34.9 Å². The summed E-state index contributed by atoms with van der Waals surface area (Å²) in [6.07, 6.45) is 0.694. The van der Waals surface area contributed by atoms with Crippen LogP contribution < -0.4 is 10.6 Å². The summed E-state index contributed by atoms with van der Waals surface area (Å²) in [4.78, 5) is 14.6. The Morgan fingerprint density at radius 3 is 2.80 bits per heavy atom. The number of aryl methyl sites for hydroxylation is 2. The smallest absolute Gasteiger partial charge is 0.319 e. The summed E-state index contributed by atoms with van der Waals surface area (Å²) < 4.78 is 5.21. The van der Waals surface area contributed by atoms with E-state index in [1.54, 1.807) is 0 Å². The molecule has 134 valence electrons. The Kier molecular flexibility index (Phi) is 5.38. The van der Waals surface area contributed by atoms with Crippen molar-refractivity contribution in [3.8, 4) is 0 Å². The van der Waals surface area contributed by atoms with Gasteiger partial charge in [0.1, 0.15) is 11.4 Å². The highest BCUT2D eigenvalue weighted by molar-refractivity contribution is 5.90. The van der Waals surface area contributed by atoms with Gasteiger partial charge in [0.25, 0.3) is 0 Å². The summed E-state index contributed by atoms with van der Waals surface area (Å²) in [5, 5.41) is 9.81. The van der Waals surface area contributed by atoms with E-state index in [1.807, 2.05) is 19.9 Å². The van der Waals surface area contributed by atoms with Gasteiger partial charge < -0.3 is 20.1 Å². The minimum atomic E-state index is -0.206. The van der Waals surface area contributed by atoms with Gasteiger partial charge in [-0.2, -0.15) is 0 Å². The molecule has 25 heavy (non-hydrogen) atoms. The van der Waals surface area contributed by atoms with E-state index in [9.17, 15) is 4.79 Å². The zero-order valence-corrected chi connectivity index (χ0v) is 15.1. The fraction of sp³-hybridized carbons (Fsp3) is 0.474. The molecule has 0 spiro atoms. The van der Waals surface area contributed by atoms with E-state index in [-0.39, 0.29) is 6.03 Å². The van der Waals surface area contributed by atoms with Crippen LogP contribution in [0.5, 0.6) is 0 Å². The Hall–Kier alpha value is -2.34. The molecule has 0 aliphatic carbocycles. The van der Waals surface area contributed by atoms with Gasteiger partial charge in [0.15, 0.2) is 5.76 Å². The number of likely N-dealkylation sites (tertiary alicyclic amines) is 1. The monoisotopic (exact) mass is 342 g/mol. The van der Waals surface area contributed by atoms with Gasteiger partial charge in [-0.25, -0.2) is 4.79 Å². The second-order valence-corrected chi connectivity index (χ2v) is 6.75. The van der Waals surface area contributed by atoms with Crippen LogP contribution in [-0.4, -0.2) is 42.8 Å². The molecule has 6 heteroatoms. The molecule has 2 atom stereocenters. The number of hydrogen-bond acceptors (Lipinski definition) is 4. The maximum atomic E-state index is 12.3. The fourth-order valence-electron chi connectivity index (χ4n) is 3.57. The number of carbonyl (C=O) groups excluding carboxylic acids is 1. The second kappa shape index (κ2) is 7.70. The third kappa shape index (κ3) is 4.02. The number of nitrogens with one attached hydrogen (secondary N) is 2. The largest absolute Gasteiger partial charge is 0.359 e. The number of benzene rings is 1. The van der Waals surface area contributed by atoms with Crippen molar-refractivity contribution in [1.82, 2.24) is 15.4 Å². The van der Waals surface area contributed by atoms with Crippen LogP contribution >= 0.6 is 0 Å². The average molecular weight is 342 g/mol. The first kappa shape index (κ1) is 17.5.